The standard InChI is InChI=1S/C19H21N5O3/c1-11-4-3-5-13(6-11)22-18-17(19(25)26-2)12(8-20)7-16(24-18)23-15-10-27-9-14(15)21/h3-7,14-15H,9-10,21H2,1-2H3,(H2,22,23,24)/t14-,15+/m1/s1. The summed E-state index contributed by atoms with van der Waals surface area (Å²) in [5.74, 6) is 0.0310. The van der Waals surface area contributed by atoms with Crippen LogP contribution in [0, 0.1) is 18.3 Å². The molecule has 2 atom stereocenters. The number of esters is 1. The number of benzene rings is 1. The first-order valence-electron chi connectivity index (χ1n) is 8.49. The highest BCUT2D eigenvalue weighted by molar-refractivity contribution is 5.98. The second-order valence-electron chi connectivity index (χ2n) is 6.33. The molecule has 1 aliphatic rings. The van der Waals surface area contributed by atoms with E-state index in [2.05, 4.69) is 15.6 Å². The highest BCUT2D eigenvalue weighted by Crippen LogP contribution is 2.27. The molecule has 1 saturated heterocycles. The first-order valence-corrected chi connectivity index (χ1v) is 8.49. The number of nitriles is 1. The lowest BCUT2D eigenvalue weighted by Gasteiger charge is -2.18. The molecule has 0 bridgehead atoms. The van der Waals surface area contributed by atoms with Gasteiger partial charge in [0, 0.05) is 5.69 Å². The largest absolute Gasteiger partial charge is 0.465 e. The van der Waals surface area contributed by atoms with Crippen LogP contribution in [0.3, 0.4) is 0 Å². The van der Waals surface area contributed by atoms with Crippen LogP contribution in [0.5, 0.6) is 0 Å². The van der Waals surface area contributed by atoms with E-state index < -0.39 is 5.97 Å². The van der Waals surface area contributed by atoms with Crippen molar-refractivity contribution in [1.82, 2.24) is 4.98 Å². The lowest BCUT2D eigenvalue weighted by Crippen LogP contribution is -2.39. The molecule has 2 heterocycles. The van der Waals surface area contributed by atoms with Crippen molar-refractivity contribution in [2.24, 2.45) is 5.73 Å². The molecule has 0 saturated carbocycles. The van der Waals surface area contributed by atoms with Crippen molar-refractivity contribution < 1.29 is 14.3 Å². The fourth-order valence-electron chi connectivity index (χ4n) is 2.88. The van der Waals surface area contributed by atoms with Crippen LogP contribution in [0.2, 0.25) is 0 Å². The molecule has 140 valence electrons. The number of methoxy groups -OCH3 is 1. The Morgan fingerprint density at radius 1 is 1.41 bits per heavy atom. The van der Waals surface area contributed by atoms with E-state index in [0.29, 0.717) is 19.0 Å². The zero-order valence-corrected chi connectivity index (χ0v) is 15.2. The van der Waals surface area contributed by atoms with Gasteiger partial charge in [-0.25, -0.2) is 9.78 Å². The van der Waals surface area contributed by atoms with Gasteiger partial charge in [0.2, 0.25) is 0 Å². The van der Waals surface area contributed by atoms with Crippen molar-refractivity contribution in [3.63, 3.8) is 0 Å². The zero-order chi connectivity index (χ0) is 19.4. The molecule has 2 aromatic rings. The van der Waals surface area contributed by atoms with E-state index in [0.717, 1.165) is 11.3 Å². The number of carbonyl (C=O) groups is 1. The second-order valence-corrected chi connectivity index (χ2v) is 6.33. The number of carbonyl (C=O) groups excluding carboxylic acids is 1. The number of hydrogen-bond donors (Lipinski definition) is 3. The molecule has 1 fully saturated rings. The van der Waals surface area contributed by atoms with Gasteiger partial charge in [-0.2, -0.15) is 5.26 Å². The van der Waals surface area contributed by atoms with Crippen LogP contribution in [0.25, 0.3) is 0 Å². The fraction of sp³-hybridized carbons (Fsp3) is 0.316. The van der Waals surface area contributed by atoms with Gasteiger partial charge in [0.1, 0.15) is 23.3 Å². The van der Waals surface area contributed by atoms with Gasteiger partial charge in [-0.15, -0.1) is 0 Å². The molecular formula is C19H21N5O3. The lowest BCUT2D eigenvalue weighted by molar-refractivity contribution is 0.0601. The Morgan fingerprint density at radius 2 is 2.22 bits per heavy atom. The van der Waals surface area contributed by atoms with Crippen LogP contribution in [-0.4, -0.2) is 43.4 Å². The monoisotopic (exact) mass is 367 g/mol. The Balaban J connectivity index is 2.02. The molecule has 3 rings (SSSR count). The average Bonchev–Trinajstić information content (AvgIpc) is 3.05. The maximum absolute atomic E-state index is 12.3. The fourth-order valence-corrected chi connectivity index (χ4v) is 2.88. The van der Waals surface area contributed by atoms with Crippen LogP contribution < -0.4 is 16.4 Å². The predicted octanol–water partition coefficient (Wildman–Crippen LogP) is 1.93. The topological polar surface area (TPSA) is 122 Å². The number of rotatable bonds is 5. The number of hydrogen-bond acceptors (Lipinski definition) is 8. The summed E-state index contributed by atoms with van der Waals surface area (Å²) in [5, 5.41) is 15.8. The maximum Gasteiger partial charge on any atom is 0.343 e. The summed E-state index contributed by atoms with van der Waals surface area (Å²) in [6.07, 6.45) is 0. The molecule has 27 heavy (non-hydrogen) atoms. The van der Waals surface area contributed by atoms with Crippen molar-refractivity contribution in [2.45, 2.75) is 19.0 Å². The van der Waals surface area contributed by atoms with Gasteiger partial charge in [-0.1, -0.05) is 12.1 Å². The number of aromatic nitrogens is 1. The van der Waals surface area contributed by atoms with E-state index in [1.807, 2.05) is 37.3 Å². The van der Waals surface area contributed by atoms with E-state index in [1.54, 1.807) is 0 Å². The third-order valence-corrected chi connectivity index (χ3v) is 4.27. The Morgan fingerprint density at radius 3 is 2.85 bits per heavy atom. The summed E-state index contributed by atoms with van der Waals surface area (Å²) >= 11 is 0. The van der Waals surface area contributed by atoms with Gasteiger partial charge in [-0.05, 0) is 30.7 Å². The molecule has 0 radical (unpaired) electrons. The number of nitrogens with one attached hydrogen (secondary N) is 2. The van der Waals surface area contributed by atoms with Crippen molar-refractivity contribution in [3.05, 3.63) is 47.0 Å². The highest BCUT2D eigenvalue weighted by Gasteiger charge is 2.27. The van der Waals surface area contributed by atoms with Gasteiger partial charge >= 0.3 is 5.97 Å². The third-order valence-electron chi connectivity index (χ3n) is 4.27. The summed E-state index contributed by atoms with van der Waals surface area (Å²) < 4.78 is 10.2. The van der Waals surface area contributed by atoms with Crippen LogP contribution in [0.1, 0.15) is 21.5 Å². The maximum atomic E-state index is 12.3. The first-order chi connectivity index (χ1) is 13.0. The van der Waals surface area contributed by atoms with Crippen LogP contribution >= 0.6 is 0 Å². The minimum atomic E-state index is -0.637. The number of aryl methyl sites for hydroxylation is 1. The summed E-state index contributed by atoms with van der Waals surface area (Å²) in [6.45, 7) is 2.86. The SMILES string of the molecule is COC(=O)c1c(C#N)cc(N[C@H]2COC[C@H]2N)nc1Nc1cccc(C)c1. The van der Waals surface area contributed by atoms with Gasteiger partial charge < -0.3 is 25.8 Å². The first kappa shape index (κ1) is 18.6. The molecule has 0 unspecified atom stereocenters. The minimum Gasteiger partial charge on any atom is -0.465 e. The Labute approximate surface area is 157 Å². The number of nitrogens with two attached hydrogens (primary N) is 1. The Hall–Kier alpha value is -3.15. The Kier molecular flexibility index (Phi) is 5.54. The summed E-state index contributed by atoms with van der Waals surface area (Å²) in [4.78, 5) is 16.8. The minimum absolute atomic E-state index is 0.0824. The zero-order valence-electron chi connectivity index (χ0n) is 15.2. The smallest absolute Gasteiger partial charge is 0.343 e. The van der Waals surface area contributed by atoms with Gasteiger partial charge in [-0.3, -0.25) is 0 Å². The van der Waals surface area contributed by atoms with Crippen molar-refractivity contribution >= 4 is 23.3 Å². The highest BCUT2D eigenvalue weighted by atomic mass is 16.5. The molecule has 0 spiro atoms. The Bertz CT molecular complexity index is 893. The van der Waals surface area contributed by atoms with E-state index in [4.69, 9.17) is 15.2 Å². The van der Waals surface area contributed by atoms with E-state index in [-0.39, 0.29) is 29.0 Å². The van der Waals surface area contributed by atoms with Crippen LogP contribution in [0.4, 0.5) is 17.3 Å². The van der Waals surface area contributed by atoms with Crippen molar-refractivity contribution in [3.8, 4) is 6.07 Å². The third kappa shape index (κ3) is 4.16. The molecule has 8 heteroatoms. The van der Waals surface area contributed by atoms with E-state index in [9.17, 15) is 10.1 Å². The van der Waals surface area contributed by atoms with Crippen molar-refractivity contribution in [2.75, 3.05) is 31.0 Å². The quantitative estimate of drug-likeness (QED) is 0.685. The number of pyridine rings is 1. The predicted molar refractivity (Wildman–Crippen MR) is 101 cm³/mol. The number of nitrogens with zero attached hydrogens (tertiary/aromatic N) is 2. The molecule has 1 aliphatic heterocycles. The van der Waals surface area contributed by atoms with Crippen LogP contribution in [0.15, 0.2) is 30.3 Å². The molecule has 4 N–H and O–H groups in total. The van der Waals surface area contributed by atoms with E-state index in [1.165, 1.54) is 13.2 Å². The molecule has 1 aromatic carbocycles. The molecule has 8 nitrogen and oxygen atoms in total. The molecule has 1 aromatic heterocycles. The molecule has 0 amide bonds. The van der Waals surface area contributed by atoms with Gasteiger partial charge in [0.15, 0.2) is 0 Å². The van der Waals surface area contributed by atoms with Gasteiger partial charge in [0.05, 0.1) is 38.0 Å². The number of anilines is 3. The van der Waals surface area contributed by atoms with Crippen LogP contribution in [-0.2, 0) is 9.47 Å². The lowest BCUT2D eigenvalue weighted by atomic mass is 10.1. The normalized spacial score (nSPS) is 18.6. The van der Waals surface area contributed by atoms with E-state index >= 15 is 0 Å². The second kappa shape index (κ2) is 8.03. The average molecular weight is 367 g/mol. The summed E-state index contributed by atoms with van der Waals surface area (Å²) in [6, 6.07) is 10.9. The molecular weight excluding hydrogens is 346 g/mol. The summed E-state index contributed by atoms with van der Waals surface area (Å²) in [7, 11) is 1.26. The number of ether oxygens (including phenoxy) is 2. The molecule has 0 aliphatic carbocycles. The van der Waals surface area contributed by atoms with Gasteiger partial charge in [0.25, 0.3) is 0 Å². The van der Waals surface area contributed by atoms with Crippen molar-refractivity contribution in [1.29, 1.82) is 5.26 Å². The summed E-state index contributed by atoms with van der Waals surface area (Å²) in [5.41, 5.74) is 8.03.